The number of benzene rings is 1. The van der Waals surface area contributed by atoms with Crippen LogP contribution in [0.4, 0.5) is 11.4 Å². The number of rotatable bonds is 5. The minimum Gasteiger partial charge on any atom is -0.397 e. The molecule has 0 aromatic heterocycles. The Morgan fingerprint density at radius 3 is 2.81 bits per heavy atom. The Hall–Kier alpha value is -0.300. The van der Waals surface area contributed by atoms with Crippen LogP contribution in [0, 0.1) is 3.57 Å². The second-order valence-electron chi connectivity index (χ2n) is 3.76. The molecule has 0 aliphatic heterocycles. The normalized spacial score (nSPS) is 14.4. The number of hydrogen-bond donors (Lipinski definition) is 2. The SMILES string of the molecule is CC(CCNc1ccc(I)cc1N)S(C)=O. The average molecular weight is 352 g/mol. The molecule has 0 spiro atoms. The number of nitrogens with two attached hydrogens (primary N) is 1. The summed E-state index contributed by atoms with van der Waals surface area (Å²) in [5, 5.41) is 3.48. The van der Waals surface area contributed by atoms with Crippen LogP contribution in [-0.4, -0.2) is 22.3 Å². The second-order valence-corrected chi connectivity index (χ2v) is 6.80. The third-order valence-corrected chi connectivity index (χ3v) is 4.49. The first-order valence-electron chi connectivity index (χ1n) is 5.12. The lowest BCUT2D eigenvalue weighted by Crippen LogP contribution is -2.15. The van der Waals surface area contributed by atoms with Gasteiger partial charge in [-0.1, -0.05) is 6.92 Å². The maximum absolute atomic E-state index is 11.2. The van der Waals surface area contributed by atoms with Crippen LogP contribution >= 0.6 is 22.6 Å². The van der Waals surface area contributed by atoms with E-state index in [1.165, 1.54) is 0 Å². The lowest BCUT2D eigenvalue weighted by molar-refractivity contribution is 0.672. The molecule has 3 nitrogen and oxygen atoms in total. The van der Waals surface area contributed by atoms with Gasteiger partial charge in [-0.05, 0) is 47.2 Å². The summed E-state index contributed by atoms with van der Waals surface area (Å²) in [7, 11) is -0.750. The number of nitrogens with one attached hydrogen (secondary N) is 1. The summed E-state index contributed by atoms with van der Waals surface area (Å²) in [5.74, 6) is 0. The molecule has 0 amide bonds. The van der Waals surface area contributed by atoms with Crippen molar-refractivity contribution in [2.75, 3.05) is 23.9 Å². The van der Waals surface area contributed by atoms with Gasteiger partial charge in [0.2, 0.25) is 0 Å². The molecular formula is C11H17IN2OS. The lowest BCUT2D eigenvalue weighted by Gasteiger charge is -2.12. The summed E-state index contributed by atoms with van der Waals surface area (Å²) in [4.78, 5) is 0. The van der Waals surface area contributed by atoms with Gasteiger partial charge in [-0.25, -0.2) is 0 Å². The first-order chi connectivity index (χ1) is 7.50. The van der Waals surface area contributed by atoms with Crippen LogP contribution in [0.3, 0.4) is 0 Å². The van der Waals surface area contributed by atoms with Crippen LogP contribution in [0.15, 0.2) is 18.2 Å². The highest BCUT2D eigenvalue weighted by Crippen LogP contribution is 2.20. The van der Waals surface area contributed by atoms with E-state index in [1.807, 2.05) is 25.1 Å². The standard InChI is InChI=1S/C11H17IN2OS/c1-8(16(2)15)5-6-14-11-4-3-9(12)7-10(11)13/h3-4,7-8,14H,5-6,13H2,1-2H3. The molecule has 1 rings (SSSR count). The molecule has 0 saturated heterocycles. The van der Waals surface area contributed by atoms with Crippen molar-refractivity contribution in [2.24, 2.45) is 0 Å². The van der Waals surface area contributed by atoms with Gasteiger partial charge < -0.3 is 11.1 Å². The molecule has 90 valence electrons. The Morgan fingerprint density at radius 1 is 1.56 bits per heavy atom. The van der Waals surface area contributed by atoms with E-state index < -0.39 is 10.8 Å². The van der Waals surface area contributed by atoms with E-state index in [9.17, 15) is 4.21 Å². The van der Waals surface area contributed by atoms with Crippen molar-refractivity contribution in [3.8, 4) is 0 Å². The fourth-order valence-corrected chi connectivity index (χ4v) is 2.24. The highest BCUT2D eigenvalue weighted by atomic mass is 127. The Morgan fingerprint density at radius 2 is 2.25 bits per heavy atom. The Bertz CT molecular complexity index is 384. The monoisotopic (exact) mass is 352 g/mol. The van der Waals surface area contributed by atoms with E-state index in [2.05, 4.69) is 27.9 Å². The van der Waals surface area contributed by atoms with E-state index in [-0.39, 0.29) is 5.25 Å². The zero-order valence-corrected chi connectivity index (χ0v) is 12.5. The molecule has 5 heteroatoms. The highest BCUT2D eigenvalue weighted by molar-refractivity contribution is 14.1. The summed E-state index contributed by atoms with van der Waals surface area (Å²) in [6, 6.07) is 5.93. The molecule has 0 aliphatic carbocycles. The van der Waals surface area contributed by atoms with Gasteiger partial charge in [0.25, 0.3) is 0 Å². The Labute approximate surface area is 113 Å². The van der Waals surface area contributed by atoms with Gasteiger partial charge in [-0.15, -0.1) is 0 Å². The van der Waals surface area contributed by atoms with Crippen LogP contribution in [0.5, 0.6) is 0 Å². The van der Waals surface area contributed by atoms with Gasteiger partial charge in [-0.2, -0.15) is 0 Å². The van der Waals surface area contributed by atoms with E-state index in [1.54, 1.807) is 6.26 Å². The number of hydrogen-bond acceptors (Lipinski definition) is 3. The van der Waals surface area contributed by atoms with Crippen LogP contribution < -0.4 is 11.1 Å². The topological polar surface area (TPSA) is 55.1 Å². The molecule has 0 radical (unpaired) electrons. The fourth-order valence-electron chi connectivity index (χ4n) is 1.27. The van der Waals surface area contributed by atoms with Gasteiger partial charge in [0, 0.05) is 32.4 Å². The summed E-state index contributed by atoms with van der Waals surface area (Å²) >= 11 is 2.23. The highest BCUT2D eigenvalue weighted by Gasteiger charge is 2.06. The molecule has 0 saturated carbocycles. The van der Waals surface area contributed by atoms with Crippen molar-refractivity contribution >= 4 is 44.8 Å². The first kappa shape index (κ1) is 13.8. The third-order valence-electron chi connectivity index (χ3n) is 2.45. The van der Waals surface area contributed by atoms with E-state index in [0.717, 1.165) is 27.9 Å². The average Bonchev–Trinajstić information content (AvgIpc) is 2.20. The molecule has 0 bridgehead atoms. The molecule has 0 aliphatic rings. The molecule has 0 fully saturated rings. The van der Waals surface area contributed by atoms with Crippen LogP contribution in [0.25, 0.3) is 0 Å². The van der Waals surface area contributed by atoms with Crippen LogP contribution in [0.1, 0.15) is 13.3 Å². The summed E-state index contributed by atoms with van der Waals surface area (Å²) in [5.41, 5.74) is 7.59. The van der Waals surface area contributed by atoms with E-state index in [4.69, 9.17) is 5.73 Å². The largest absolute Gasteiger partial charge is 0.397 e. The summed E-state index contributed by atoms with van der Waals surface area (Å²) < 4.78 is 12.3. The van der Waals surface area contributed by atoms with Crippen molar-refractivity contribution < 1.29 is 4.21 Å². The molecule has 16 heavy (non-hydrogen) atoms. The summed E-state index contributed by atoms with van der Waals surface area (Å²) in [6.07, 6.45) is 2.62. The minimum absolute atomic E-state index is 0.220. The Balaban J connectivity index is 2.46. The zero-order chi connectivity index (χ0) is 12.1. The molecule has 3 N–H and O–H groups in total. The third kappa shape index (κ3) is 4.29. The van der Waals surface area contributed by atoms with Crippen molar-refractivity contribution in [3.63, 3.8) is 0 Å². The molecule has 2 atom stereocenters. The summed E-state index contributed by atoms with van der Waals surface area (Å²) in [6.45, 7) is 2.79. The van der Waals surface area contributed by atoms with Crippen molar-refractivity contribution in [3.05, 3.63) is 21.8 Å². The number of anilines is 2. The first-order valence-corrected chi connectivity index (χ1v) is 7.82. The molecule has 0 heterocycles. The van der Waals surface area contributed by atoms with Crippen LogP contribution in [-0.2, 0) is 10.8 Å². The molecule has 2 unspecified atom stereocenters. The molecule has 1 aromatic carbocycles. The maximum atomic E-state index is 11.2. The van der Waals surface area contributed by atoms with Crippen molar-refractivity contribution in [1.29, 1.82) is 0 Å². The van der Waals surface area contributed by atoms with E-state index >= 15 is 0 Å². The quantitative estimate of drug-likeness (QED) is 0.632. The van der Waals surface area contributed by atoms with Gasteiger partial charge in [0.15, 0.2) is 0 Å². The number of nitrogen functional groups attached to an aromatic ring is 1. The number of halogens is 1. The van der Waals surface area contributed by atoms with Crippen molar-refractivity contribution in [1.82, 2.24) is 0 Å². The van der Waals surface area contributed by atoms with Crippen LogP contribution in [0.2, 0.25) is 0 Å². The zero-order valence-electron chi connectivity index (χ0n) is 9.50. The van der Waals surface area contributed by atoms with E-state index in [0.29, 0.717) is 0 Å². The lowest BCUT2D eigenvalue weighted by atomic mass is 10.2. The van der Waals surface area contributed by atoms with Crippen molar-refractivity contribution in [2.45, 2.75) is 18.6 Å². The molecular weight excluding hydrogens is 335 g/mol. The predicted octanol–water partition coefficient (Wildman–Crippen LogP) is 2.44. The molecule has 1 aromatic rings. The minimum atomic E-state index is -0.750. The fraction of sp³-hybridized carbons (Fsp3) is 0.455. The second kappa shape index (κ2) is 6.44. The predicted molar refractivity (Wildman–Crippen MR) is 80.2 cm³/mol. The van der Waals surface area contributed by atoms with Gasteiger partial charge in [-0.3, -0.25) is 4.21 Å². The van der Waals surface area contributed by atoms with Gasteiger partial charge in [0.05, 0.1) is 11.4 Å². The smallest absolute Gasteiger partial charge is 0.0574 e. The van der Waals surface area contributed by atoms with Gasteiger partial charge in [0.1, 0.15) is 0 Å². The maximum Gasteiger partial charge on any atom is 0.0574 e. The Kier molecular flexibility index (Phi) is 5.54. The van der Waals surface area contributed by atoms with Gasteiger partial charge >= 0.3 is 0 Å².